The van der Waals surface area contributed by atoms with E-state index >= 15 is 0 Å². The van der Waals surface area contributed by atoms with Crippen molar-refractivity contribution in [3.8, 4) is 11.6 Å². The van der Waals surface area contributed by atoms with Gasteiger partial charge in [0.15, 0.2) is 5.88 Å². The summed E-state index contributed by atoms with van der Waals surface area (Å²) in [6.45, 7) is 0. The van der Waals surface area contributed by atoms with Crippen molar-refractivity contribution < 1.29 is 10.2 Å². The van der Waals surface area contributed by atoms with Gasteiger partial charge < -0.3 is 10.2 Å². The van der Waals surface area contributed by atoms with Gasteiger partial charge in [-0.05, 0) is 34.9 Å². The molecule has 0 saturated heterocycles. The molecule has 118 valence electrons. The molecular formula is C19H14N2O3. The molecular weight excluding hydrogens is 304 g/mol. The van der Waals surface area contributed by atoms with Gasteiger partial charge in [-0.1, -0.05) is 24.3 Å². The number of phenols is 1. The van der Waals surface area contributed by atoms with Gasteiger partial charge in [0.1, 0.15) is 5.75 Å². The smallest absolute Gasteiger partial charge is 0.258 e. The van der Waals surface area contributed by atoms with E-state index in [1.165, 1.54) is 6.07 Å². The van der Waals surface area contributed by atoms with Gasteiger partial charge in [0, 0.05) is 28.9 Å². The molecule has 3 aromatic rings. The van der Waals surface area contributed by atoms with E-state index in [2.05, 4.69) is 9.97 Å². The van der Waals surface area contributed by atoms with Gasteiger partial charge in [-0.15, -0.1) is 0 Å². The molecule has 5 nitrogen and oxygen atoms in total. The summed E-state index contributed by atoms with van der Waals surface area (Å²) in [5.74, 6) is -0.000941. The number of nitrogens with one attached hydrogen (secondary N) is 1. The fraction of sp³-hybridized carbons (Fsp3) is 0.0526. The topological polar surface area (TPSA) is 86.2 Å². The van der Waals surface area contributed by atoms with Crippen LogP contribution in [0.4, 0.5) is 0 Å². The molecule has 0 fully saturated rings. The molecule has 1 aromatic carbocycles. The lowest BCUT2D eigenvalue weighted by Gasteiger charge is -2.07. The molecule has 0 unspecified atom stereocenters. The number of benzene rings is 1. The Morgan fingerprint density at radius 1 is 1.21 bits per heavy atom. The first-order valence-corrected chi connectivity index (χ1v) is 7.53. The van der Waals surface area contributed by atoms with E-state index in [0.29, 0.717) is 16.9 Å². The van der Waals surface area contributed by atoms with Gasteiger partial charge in [-0.25, -0.2) is 0 Å². The van der Waals surface area contributed by atoms with Crippen molar-refractivity contribution in [1.29, 1.82) is 0 Å². The number of allylic oxidation sites excluding steroid dienone is 1. The van der Waals surface area contributed by atoms with Gasteiger partial charge in [-0.3, -0.25) is 14.8 Å². The Kier molecular flexibility index (Phi) is 3.20. The van der Waals surface area contributed by atoms with Crippen molar-refractivity contribution in [3.05, 3.63) is 68.5 Å². The van der Waals surface area contributed by atoms with Crippen LogP contribution in [0.1, 0.15) is 12.0 Å². The highest BCUT2D eigenvalue weighted by Gasteiger charge is 2.07. The zero-order valence-electron chi connectivity index (χ0n) is 12.7. The second-order valence-corrected chi connectivity index (χ2v) is 5.73. The summed E-state index contributed by atoms with van der Waals surface area (Å²) in [4.78, 5) is 18.5. The second kappa shape index (κ2) is 5.38. The molecule has 0 spiro atoms. The standard InChI is InChI=1S/C19H14N2O3/c22-14-8-12(15-2-1-5-20-17(15)10-14)6-11-3-4-16-13(7-11)9-18(23)21-19(16)24/h1-2,4-10,22-23H,3H2,(H,21,24). The van der Waals surface area contributed by atoms with Gasteiger partial charge in [0.05, 0.1) is 5.52 Å². The summed E-state index contributed by atoms with van der Waals surface area (Å²) in [6.07, 6.45) is 7.95. The van der Waals surface area contributed by atoms with E-state index in [0.717, 1.165) is 22.0 Å². The zero-order chi connectivity index (χ0) is 16.7. The van der Waals surface area contributed by atoms with Gasteiger partial charge >= 0.3 is 0 Å². The molecule has 0 aliphatic heterocycles. The van der Waals surface area contributed by atoms with Crippen molar-refractivity contribution in [3.63, 3.8) is 0 Å². The highest BCUT2D eigenvalue weighted by molar-refractivity contribution is 5.90. The van der Waals surface area contributed by atoms with Crippen molar-refractivity contribution in [1.82, 2.24) is 9.97 Å². The van der Waals surface area contributed by atoms with Crippen LogP contribution in [0.5, 0.6) is 11.6 Å². The minimum absolute atomic E-state index is 0.155. The van der Waals surface area contributed by atoms with Crippen LogP contribution in [-0.2, 0) is 0 Å². The molecule has 0 atom stereocenters. The minimum Gasteiger partial charge on any atom is -0.508 e. The van der Waals surface area contributed by atoms with E-state index in [1.807, 2.05) is 30.4 Å². The van der Waals surface area contributed by atoms with E-state index in [-0.39, 0.29) is 17.2 Å². The zero-order valence-corrected chi connectivity index (χ0v) is 12.7. The first kappa shape index (κ1) is 14.3. The van der Waals surface area contributed by atoms with Crippen LogP contribution in [0.25, 0.3) is 29.1 Å². The molecule has 24 heavy (non-hydrogen) atoms. The van der Waals surface area contributed by atoms with Crippen LogP contribution in [0.3, 0.4) is 0 Å². The summed E-state index contributed by atoms with van der Waals surface area (Å²) in [7, 11) is 0. The molecule has 0 bridgehead atoms. The molecule has 5 heteroatoms. The molecule has 2 heterocycles. The third-order valence-corrected chi connectivity index (χ3v) is 4.05. The van der Waals surface area contributed by atoms with Gasteiger partial charge in [-0.2, -0.15) is 0 Å². The molecule has 0 amide bonds. The van der Waals surface area contributed by atoms with Crippen molar-refractivity contribution in [2.75, 3.05) is 0 Å². The van der Waals surface area contributed by atoms with E-state index < -0.39 is 0 Å². The Morgan fingerprint density at radius 2 is 2.08 bits per heavy atom. The molecule has 4 rings (SSSR count). The Hall–Kier alpha value is -3.34. The average Bonchev–Trinajstić information content (AvgIpc) is 2.54. The lowest BCUT2D eigenvalue weighted by atomic mass is 9.99. The van der Waals surface area contributed by atoms with Crippen molar-refractivity contribution in [2.45, 2.75) is 6.42 Å². The third-order valence-electron chi connectivity index (χ3n) is 4.05. The molecule has 1 aliphatic carbocycles. The minimum atomic E-state index is -0.299. The SMILES string of the molecule is O=c1[nH]c(O)cc2c1=CCC(=Cc1cc(O)cc3ncccc13)C=2. The number of hydrogen-bond acceptors (Lipinski definition) is 4. The summed E-state index contributed by atoms with van der Waals surface area (Å²) in [5, 5.41) is 21.7. The van der Waals surface area contributed by atoms with Gasteiger partial charge in [0.2, 0.25) is 0 Å². The first-order valence-electron chi connectivity index (χ1n) is 7.53. The number of rotatable bonds is 1. The Bertz CT molecular complexity index is 1170. The monoisotopic (exact) mass is 318 g/mol. The lowest BCUT2D eigenvalue weighted by molar-refractivity contribution is 0.450. The van der Waals surface area contributed by atoms with Crippen molar-refractivity contribution >= 4 is 29.1 Å². The molecule has 3 N–H and O–H groups in total. The highest BCUT2D eigenvalue weighted by atomic mass is 16.3. The fourth-order valence-electron chi connectivity index (χ4n) is 3.00. The highest BCUT2D eigenvalue weighted by Crippen LogP contribution is 2.26. The number of aromatic hydroxyl groups is 2. The summed E-state index contributed by atoms with van der Waals surface area (Å²) >= 11 is 0. The van der Waals surface area contributed by atoms with Crippen LogP contribution in [-0.4, -0.2) is 20.2 Å². The molecule has 1 aliphatic rings. The number of pyridine rings is 2. The predicted octanol–water partition coefficient (Wildman–Crippen LogP) is 1.38. The first-order chi connectivity index (χ1) is 11.6. The Morgan fingerprint density at radius 3 is 2.96 bits per heavy atom. The molecule has 2 aromatic heterocycles. The maximum Gasteiger partial charge on any atom is 0.258 e. The maximum atomic E-state index is 11.8. The van der Waals surface area contributed by atoms with Crippen molar-refractivity contribution in [2.24, 2.45) is 0 Å². The number of hydrogen-bond donors (Lipinski definition) is 3. The lowest BCUT2D eigenvalue weighted by Crippen LogP contribution is -2.41. The largest absolute Gasteiger partial charge is 0.508 e. The number of aromatic nitrogens is 2. The number of phenolic OH excluding ortho intramolecular Hbond substituents is 1. The summed E-state index contributed by atoms with van der Waals surface area (Å²) < 4.78 is 0. The van der Waals surface area contributed by atoms with Crippen LogP contribution in [0, 0.1) is 0 Å². The van der Waals surface area contributed by atoms with Crippen LogP contribution >= 0.6 is 0 Å². The maximum absolute atomic E-state index is 11.8. The van der Waals surface area contributed by atoms with Crippen LogP contribution in [0.15, 0.2) is 46.9 Å². The van der Waals surface area contributed by atoms with E-state index in [1.54, 1.807) is 18.3 Å². The van der Waals surface area contributed by atoms with E-state index in [4.69, 9.17) is 0 Å². The summed E-state index contributed by atoms with van der Waals surface area (Å²) in [6, 6.07) is 8.65. The van der Waals surface area contributed by atoms with Gasteiger partial charge in [0.25, 0.3) is 5.56 Å². The quantitative estimate of drug-likeness (QED) is 0.633. The normalized spacial score (nSPS) is 14.9. The number of H-pyrrole nitrogens is 1. The number of fused-ring (bicyclic) bond motifs is 2. The molecule has 0 radical (unpaired) electrons. The number of aromatic amines is 1. The fourth-order valence-corrected chi connectivity index (χ4v) is 3.00. The number of nitrogens with zero attached hydrogens (tertiary/aromatic N) is 1. The third kappa shape index (κ3) is 2.46. The second-order valence-electron chi connectivity index (χ2n) is 5.73. The Balaban J connectivity index is 1.92. The molecule has 0 saturated carbocycles. The Labute approximate surface area is 136 Å². The average molecular weight is 318 g/mol. The van der Waals surface area contributed by atoms with Crippen LogP contribution < -0.4 is 16.0 Å². The van der Waals surface area contributed by atoms with Crippen LogP contribution in [0.2, 0.25) is 0 Å². The van der Waals surface area contributed by atoms with E-state index in [9.17, 15) is 15.0 Å². The predicted molar refractivity (Wildman–Crippen MR) is 92.9 cm³/mol. The summed E-state index contributed by atoms with van der Waals surface area (Å²) in [5.41, 5.74) is 2.25.